The van der Waals surface area contributed by atoms with Gasteiger partial charge in [-0.05, 0) is 36.5 Å². The molecule has 2 rings (SSSR count). The van der Waals surface area contributed by atoms with Gasteiger partial charge in [0.15, 0.2) is 0 Å². The highest BCUT2D eigenvalue weighted by Gasteiger charge is 2.30. The molecule has 0 aliphatic heterocycles. The summed E-state index contributed by atoms with van der Waals surface area (Å²) in [4.78, 5) is 0. The van der Waals surface area contributed by atoms with E-state index in [1.165, 1.54) is 12.8 Å². The predicted octanol–water partition coefficient (Wildman–Crippen LogP) is 2.18. The minimum absolute atomic E-state index is 0.193. The van der Waals surface area contributed by atoms with Crippen LogP contribution in [0.3, 0.4) is 0 Å². The standard InChI is InChI=1S/C13H15BrN2O/c14-12-5-9(6-15)1-2-11(12)7-16-13(8-17)10-3-4-10/h1-2,5,10,13,16-17H,3-4,7-8H2/t13-/m1/s1. The van der Waals surface area contributed by atoms with Crippen LogP contribution >= 0.6 is 15.9 Å². The van der Waals surface area contributed by atoms with E-state index in [4.69, 9.17) is 5.26 Å². The molecule has 1 aromatic rings. The molecule has 0 aromatic heterocycles. The molecule has 90 valence electrons. The smallest absolute Gasteiger partial charge is 0.0992 e. The second-order valence-electron chi connectivity index (χ2n) is 4.43. The highest BCUT2D eigenvalue weighted by atomic mass is 79.9. The monoisotopic (exact) mass is 294 g/mol. The third kappa shape index (κ3) is 3.29. The maximum Gasteiger partial charge on any atom is 0.0992 e. The maximum absolute atomic E-state index is 9.25. The Morgan fingerprint density at radius 3 is 2.82 bits per heavy atom. The van der Waals surface area contributed by atoms with Gasteiger partial charge in [0.1, 0.15) is 0 Å². The molecule has 0 spiro atoms. The average Bonchev–Trinajstić information content (AvgIpc) is 3.16. The molecule has 1 aromatic carbocycles. The fraction of sp³-hybridized carbons (Fsp3) is 0.462. The van der Waals surface area contributed by atoms with E-state index in [1.807, 2.05) is 18.2 Å². The molecule has 0 unspecified atom stereocenters. The molecule has 0 saturated heterocycles. The van der Waals surface area contributed by atoms with Crippen LogP contribution in [0.5, 0.6) is 0 Å². The van der Waals surface area contributed by atoms with Crippen LogP contribution in [0.25, 0.3) is 0 Å². The Morgan fingerprint density at radius 2 is 2.29 bits per heavy atom. The van der Waals surface area contributed by atoms with Gasteiger partial charge < -0.3 is 10.4 Å². The van der Waals surface area contributed by atoms with Crippen LogP contribution < -0.4 is 5.32 Å². The number of hydrogen-bond donors (Lipinski definition) is 2. The molecule has 2 N–H and O–H groups in total. The first-order chi connectivity index (χ1) is 8.24. The van der Waals surface area contributed by atoms with Gasteiger partial charge >= 0.3 is 0 Å². The van der Waals surface area contributed by atoms with Gasteiger partial charge in [0.2, 0.25) is 0 Å². The molecule has 1 saturated carbocycles. The van der Waals surface area contributed by atoms with Crippen molar-refractivity contribution in [2.45, 2.75) is 25.4 Å². The van der Waals surface area contributed by atoms with Crippen molar-refractivity contribution >= 4 is 15.9 Å². The Morgan fingerprint density at radius 1 is 1.53 bits per heavy atom. The Kier molecular flexibility index (Phi) is 4.16. The molecule has 3 nitrogen and oxygen atoms in total. The van der Waals surface area contributed by atoms with Gasteiger partial charge in [-0.1, -0.05) is 22.0 Å². The number of benzene rings is 1. The second-order valence-corrected chi connectivity index (χ2v) is 5.28. The minimum Gasteiger partial charge on any atom is -0.395 e. The topological polar surface area (TPSA) is 56.0 Å². The van der Waals surface area contributed by atoms with Gasteiger partial charge in [-0.2, -0.15) is 5.26 Å². The number of rotatable bonds is 5. The molecule has 4 heteroatoms. The van der Waals surface area contributed by atoms with Gasteiger partial charge in [0, 0.05) is 17.1 Å². The zero-order valence-corrected chi connectivity index (χ0v) is 11.1. The second kappa shape index (κ2) is 5.63. The average molecular weight is 295 g/mol. The van der Waals surface area contributed by atoms with Crippen LogP contribution in [0.1, 0.15) is 24.0 Å². The number of hydrogen-bond acceptors (Lipinski definition) is 3. The van der Waals surface area contributed by atoms with Crippen molar-refractivity contribution < 1.29 is 5.11 Å². The van der Waals surface area contributed by atoms with Gasteiger partial charge in [-0.15, -0.1) is 0 Å². The van der Waals surface area contributed by atoms with Gasteiger partial charge in [0.25, 0.3) is 0 Å². The van der Waals surface area contributed by atoms with Crippen LogP contribution in [0.15, 0.2) is 22.7 Å². The summed E-state index contributed by atoms with van der Waals surface area (Å²) in [6, 6.07) is 7.89. The van der Waals surface area contributed by atoms with Crippen molar-refractivity contribution in [3.63, 3.8) is 0 Å². The van der Waals surface area contributed by atoms with Gasteiger partial charge in [-0.3, -0.25) is 0 Å². The highest BCUT2D eigenvalue weighted by molar-refractivity contribution is 9.10. The Bertz CT molecular complexity index is 438. The molecule has 1 aliphatic rings. The summed E-state index contributed by atoms with van der Waals surface area (Å²) < 4.78 is 0.941. The van der Waals surface area contributed by atoms with Crippen molar-refractivity contribution in [3.8, 4) is 6.07 Å². The molecular weight excluding hydrogens is 280 g/mol. The van der Waals surface area contributed by atoms with E-state index in [0.29, 0.717) is 18.0 Å². The Labute approximate surface area is 110 Å². The van der Waals surface area contributed by atoms with Crippen molar-refractivity contribution in [2.24, 2.45) is 5.92 Å². The van der Waals surface area contributed by atoms with Crippen LogP contribution in [0.4, 0.5) is 0 Å². The lowest BCUT2D eigenvalue weighted by Gasteiger charge is -2.16. The fourth-order valence-electron chi connectivity index (χ4n) is 1.88. The van der Waals surface area contributed by atoms with E-state index in [-0.39, 0.29) is 12.6 Å². The lowest BCUT2D eigenvalue weighted by molar-refractivity contribution is 0.227. The molecular formula is C13H15BrN2O. The largest absolute Gasteiger partial charge is 0.395 e. The van der Waals surface area contributed by atoms with E-state index in [2.05, 4.69) is 27.3 Å². The van der Waals surface area contributed by atoms with Crippen molar-refractivity contribution in [1.29, 1.82) is 5.26 Å². The highest BCUT2D eigenvalue weighted by Crippen LogP contribution is 2.32. The molecule has 1 atom stereocenters. The van der Waals surface area contributed by atoms with E-state index >= 15 is 0 Å². The number of aliphatic hydroxyl groups is 1. The Hall–Kier alpha value is -0.890. The minimum atomic E-state index is 0.193. The maximum atomic E-state index is 9.25. The van der Waals surface area contributed by atoms with Crippen molar-refractivity contribution in [3.05, 3.63) is 33.8 Å². The van der Waals surface area contributed by atoms with E-state index in [9.17, 15) is 5.11 Å². The summed E-state index contributed by atoms with van der Waals surface area (Å²) >= 11 is 3.46. The van der Waals surface area contributed by atoms with E-state index in [1.54, 1.807) is 0 Å². The summed E-state index contributed by atoms with van der Waals surface area (Å²) in [7, 11) is 0. The zero-order chi connectivity index (χ0) is 12.3. The first-order valence-corrected chi connectivity index (χ1v) is 6.56. The Balaban J connectivity index is 1.96. The van der Waals surface area contributed by atoms with Crippen LogP contribution in [0, 0.1) is 17.2 Å². The summed E-state index contributed by atoms with van der Waals surface area (Å²) in [5.74, 6) is 0.636. The number of nitrogens with one attached hydrogen (secondary N) is 1. The van der Waals surface area contributed by atoms with Crippen LogP contribution in [0.2, 0.25) is 0 Å². The predicted molar refractivity (Wildman–Crippen MR) is 69.3 cm³/mol. The van der Waals surface area contributed by atoms with Crippen LogP contribution in [-0.2, 0) is 6.54 Å². The number of halogens is 1. The first kappa shape index (κ1) is 12.6. The molecule has 0 radical (unpaired) electrons. The summed E-state index contributed by atoms with van der Waals surface area (Å²) in [5.41, 5.74) is 1.77. The molecule has 1 aliphatic carbocycles. The SMILES string of the molecule is N#Cc1ccc(CN[C@H](CO)C2CC2)c(Br)c1. The number of nitriles is 1. The van der Waals surface area contributed by atoms with Gasteiger partial charge in [-0.25, -0.2) is 0 Å². The normalized spacial score (nSPS) is 16.5. The lowest BCUT2D eigenvalue weighted by atomic mass is 10.1. The number of aliphatic hydroxyl groups excluding tert-OH is 1. The molecule has 17 heavy (non-hydrogen) atoms. The van der Waals surface area contributed by atoms with E-state index < -0.39 is 0 Å². The molecule has 0 amide bonds. The third-order valence-corrected chi connectivity index (χ3v) is 3.86. The fourth-order valence-corrected chi connectivity index (χ4v) is 2.40. The number of nitrogens with zero attached hydrogens (tertiary/aromatic N) is 1. The summed E-state index contributed by atoms with van der Waals surface area (Å²) in [6.45, 7) is 0.909. The summed E-state index contributed by atoms with van der Waals surface area (Å²) in [6.07, 6.45) is 2.43. The third-order valence-electron chi connectivity index (χ3n) is 3.12. The lowest BCUT2D eigenvalue weighted by Crippen LogP contribution is -2.33. The molecule has 0 heterocycles. The van der Waals surface area contributed by atoms with E-state index in [0.717, 1.165) is 10.0 Å². The molecule has 0 bridgehead atoms. The van der Waals surface area contributed by atoms with Crippen molar-refractivity contribution in [2.75, 3.05) is 6.61 Å². The summed E-state index contributed by atoms with van der Waals surface area (Å²) in [5, 5.41) is 21.4. The quantitative estimate of drug-likeness (QED) is 0.875. The van der Waals surface area contributed by atoms with Gasteiger partial charge in [0.05, 0.1) is 18.2 Å². The van der Waals surface area contributed by atoms with Crippen LogP contribution in [-0.4, -0.2) is 17.8 Å². The van der Waals surface area contributed by atoms with Crippen molar-refractivity contribution in [1.82, 2.24) is 5.32 Å². The first-order valence-electron chi connectivity index (χ1n) is 5.77. The molecule has 1 fully saturated rings. The zero-order valence-electron chi connectivity index (χ0n) is 9.49.